The zero-order valence-corrected chi connectivity index (χ0v) is 19.2. The van der Waals surface area contributed by atoms with E-state index in [0.717, 1.165) is 0 Å². The number of para-hydroxylation sites is 1. The summed E-state index contributed by atoms with van der Waals surface area (Å²) in [7, 11) is 0. The number of carbonyl (C=O) groups excluding carboxylic acids is 1. The van der Waals surface area contributed by atoms with E-state index in [4.69, 9.17) is 9.47 Å². The molecule has 0 aliphatic carbocycles. The van der Waals surface area contributed by atoms with Crippen molar-refractivity contribution in [3.05, 3.63) is 60.2 Å². The second kappa shape index (κ2) is 10.7. The average molecular weight is 418 g/mol. The fourth-order valence-corrected chi connectivity index (χ4v) is 3.20. The van der Waals surface area contributed by atoms with Gasteiger partial charge in [-0.25, -0.2) is 0 Å². The highest BCUT2D eigenvalue weighted by atomic mass is 16.5. The van der Waals surface area contributed by atoms with E-state index < -0.39 is 18.0 Å². The van der Waals surface area contributed by atoms with E-state index in [9.17, 15) is 10.1 Å². The molecule has 3 atom stereocenters. The molecule has 0 heterocycles. The van der Waals surface area contributed by atoms with Gasteiger partial charge in [-0.15, -0.1) is 0 Å². The average Bonchev–Trinajstić information content (AvgIpc) is 2.71. The summed E-state index contributed by atoms with van der Waals surface area (Å²) >= 11 is 0. The molecule has 2 aromatic carbocycles. The van der Waals surface area contributed by atoms with Gasteiger partial charge in [0.05, 0.1) is 5.92 Å². The molecule has 3 unspecified atom stereocenters. The first kappa shape index (κ1) is 24.0. The van der Waals surface area contributed by atoms with Gasteiger partial charge in [-0.2, -0.15) is 5.26 Å². The van der Waals surface area contributed by atoms with Crippen LogP contribution in [-0.2, 0) is 9.53 Å². The van der Waals surface area contributed by atoms with Gasteiger partial charge >= 0.3 is 5.97 Å². The summed E-state index contributed by atoms with van der Waals surface area (Å²) in [6.07, 6.45) is -1.02. The molecule has 31 heavy (non-hydrogen) atoms. The van der Waals surface area contributed by atoms with E-state index in [-0.39, 0.29) is 17.3 Å². The summed E-state index contributed by atoms with van der Waals surface area (Å²) in [6.45, 7) is 12.0. The van der Waals surface area contributed by atoms with E-state index in [0.29, 0.717) is 17.1 Å². The van der Waals surface area contributed by atoms with Crippen molar-refractivity contribution < 1.29 is 14.3 Å². The highest BCUT2D eigenvalue weighted by molar-refractivity contribution is 5.74. The molecule has 2 rings (SSSR count). The van der Waals surface area contributed by atoms with Crippen molar-refractivity contribution in [2.45, 2.75) is 47.6 Å². The SMILES string of the molecule is CC(C)C(C(=O)OC(C#N)c1cccc(Oc2ccccc2)c1)C(C)C#CC(C)(C)C. The van der Waals surface area contributed by atoms with Crippen molar-refractivity contribution >= 4 is 5.97 Å². The van der Waals surface area contributed by atoms with Crippen molar-refractivity contribution in [1.29, 1.82) is 5.26 Å². The number of hydrogen-bond acceptors (Lipinski definition) is 4. The molecule has 0 spiro atoms. The second-order valence-corrected chi connectivity index (χ2v) is 9.01. The Labute approximate surface area is 186 Å². The van der Waals surface area contributed by atoms with Gasteiger partial charge in [0.1, 0.15) is 17.6 Å². The van der Waals surface area contributed by atoms with Crippen molar-refractivity contribution in [3.8, 4) is 29.4 Å². The Balaban J connectivity index is 2.18. The van der Waals surface area contributed by atoms with Crippen LogP contribution in [0.5, 0.6) is 11.5 Å². The quantitative estimate of drug-likeness (QED) is 0.379. The Morgan fingerprint density at radius 2 is 1.61 bits per heavy atom. The summed E-state index contributed by atoms with van der Waals surface area (Å²) in [5.41, 5.74) is 0.425. The number of benzene rings is 2. The maximum Gasteiger partial charge on any atom is 0.312 e. The number of nitriles is 1. The van der Waals surface area contributed by atoms with Crippen LogP contribution in [0.15, 0.2) is 54.6 Å². The molecule has 0 aliphatic heterocycles. The van der Waals surface area contributed by atoms with Gasteiger partial charge in [0.2, 0.25) is 6.10 Å². The van der Waals surface area contributed by atoms with Crippen LogP contribution in [0.4, 0.5) is 0 Å². The molecule has 2 aromatic rings. The number of rotatable bonds is 7. The standard InChI is InChI=1S/C27H31NO3/c1-19(2)25(20(3)15-16-27(4,5)6)26(29)31-24(18-28)21-11-10-14-23(17-21)30-22-12-8-7-9-13-22/h7-14,17,19-20,24-25H,1-6H3. The van der Waals surface area contributed by atoms with E-state index in [1.165, 1.54) is 0 Å². The minimum absolute atomic E-state index is 0.0314. The zero-order chi connectivity index (χ0) is 23.0. The van der Waals surface area contributed by atoms with E-state index >= 15 is 0 Å². The molecule has 4 heteroatoms. The number of carbonyl (C=O) groups is 1. The Morgan fingerprint density at radius 1 is 0.968 bits per heavy atom. The molecule has 0 aromatic heterocycles. The third-order valence-corrected chi connectivity index (χ3v) is 4.69. The highest BCUT2D eigenvalue weighted by Crippen LogP contribution is 2.29. The van der Waals surface area contributed by atoms with Crippen LogP contribution in [0.2, 0.25) is 0 Å². The third kappa shape index (κ3) is 7.50. The van der Waals surface area contributed by atoms with Crippen LogP contribution in [0, 0.1) is 46.3 Å². The van der Waals surface area contributed by atoms with Crippen LogP contribution in [0.1, 0.15) is 53.2 Å². The minimum atomic E-state index is -1.02. The lowest BCUT2D eigenvalue weighted by Gasteiger charge is -2.24. The Bertz CT molecular complexity index is 971. The van der Waals surface area contributed by atoms with E-state index in [2.05, 4.69) is 17.9 Å². The smallest absolute Gasteiger partial charge is 0.312 e. The van der Waals surface area contributed by atoms with Gasteiger partial charge < -0.3 is 9.47 Å². The van der Waals surface area contributed by atoms with E-state index in [1.54, 1.807) is 24.3 Å². The van der Waals surface area contributed by atoms with Crippen LogP contribution in [0.3, 0.4) is 0 Å². The Morgan fingerprint density at radius 3 is 2.19 bits per heavy atom. The van der Waals surface area contributed by atoms with Gasteiger partial charge in [0.15, 0.2) is 0 Å². The van der Waals surface area contributed by atoms with Crippen molar-refractivity contribution in [2.24, 2.45) is 23.2 Å². The minimum Gasteiger partial charge on any atom is -0.457 e. The van der Waals surface area contributed by atoms with Crippen molar-refractivity contribution in [2.75, 3.05) is 0 Å². The topological polar surface area (TPSA) is 59.3 Å². The fourth-order valence-electron chi connectivity index (χ4n) is 3.20. The van der Waals surface area contributed by atoms with Crippen LogP contribution in [0.25, 0.3) is 0 Å². The lowest BCUT2D eigenvalue weighted by Crippen LogP contribution is -2.29. The molecule has 0 saturated heterocycles. The first-order valence-electron chi connectivity index (χ1n) is 10.6. The molecule has 0 aliphatic rings. The molecular weight excluding hydrogens is 386 g/mol. The maximum atomic E-state index is 13.0. The van der Waals surface area contributed by atoms with Gasteiger partial charge in [-0.3, -0.25) is 4.79 Å². The first-order valence-corrected chi connectivity index (χ1v) is 10.6. The molecular formula is C27H31NO3. The van der Waals surface area contributed by atoms with Crippen LogP contribution in [-0.4, -0.2) is 5.97 Å². The molecule has 0 saturated carbocycles. The predicted molar refractivity (Wildman–Crippen MR) is 122 cm³/mol. The summed E-state index contributed by atoms with van der Waals surface area (Å²) in [4.78, 5) is 13.0. The van der Waals surface area contributed by atoms with Crippen LogP contribution < -0.4 is 4.74 Å². The molecule has 0 fully saturated rings. The molecule has 0 amide bonds. The van der Waals surface area contributed by atoms with Crippen molar-refractivity contribution in [1.82, 2.24) is 0 Å². The molecule has 0 bridgehead atoms. The fraction of sp³-hybridized carbons (Fsp3) is 0.407. The van der Waals surface area contributed by atoms with Gasteiger partial charge in [0.25, 0.3) is 0 Å². The predicted octanol–water partition coefficient (Wildman–Crippen LogP) is 6.54. The summed E-state index contributed by atoms with van der Waals surface area (Å²) in [5.74, 6) is 6.68. The first-order chi connectivity index (χ1) is 14.6. The normalized spacial score (nSPS) is 13.9. The largest absolute Gasteiger partial charge is 0.457 e. The summed E-state index contributed by atoms with van der Waals surface area (Å²) in [5, 5.41) is 9.68. The van der Waals surface area contributed by atoms with E-state index in [1.807, 2.05) is 71.9 Å². The number of hydrogen-bond donors (Lipinski definition) is 0. The highest BCUT2D eigenvalue weighted by Gasteiger charge is 2.31. The number of nitrogens with zero attached hydrogens (tertiary/aromatic N) is 1. The summed E-state index contributed by atoms with van der Waals surface area (Å²) < 4.78 is 11.5. The zero-order valence-electron chi connectivity index (χ0n) is 19.2. The Hall–Kier alpha value is -3.24. The summed E-state index contributed by atoms with van der Waals surface area (Å²) in [6, 6.07) is 18.5. The molecule has 162 valence electrons. The van der Waals surface area contributed by atoms with Gasteiger partial charge in [-0.1, -0.05) is 62.9 Å². The Kier molecular flexibility index (Phi) is 8.29. The third-order valence-electron chi connectivity index (χ3n) is 4.69. The molecule has 4 nitrogen and oxygen atoms in total. The van der Waals surface area contributed by atoms with Crippen LogP contribution >= 0.6 is 0 Å². The van der Waals surface area contributed by atoms with Gasteiger partial charge in [0, 0.05) is 16.9 Å². The molecule has 0 radical (unpaired) electrons. The number of ether oxygens (including phenoxy) is 2. The van der Waals surface area contributed by atoms with Crippen molar-refractivity contribution in [3.63, 3.8) is 0 Å². The monoisotopic (exact) mass is 417 g/mol. The maximum absolute atomic E-state index is 13.0. The lowest BCUT2D eigenvalue weighted by atomic mass is 9.84. The second-order valence-electron chi connectivity index (χ2n) is 9.01. The lowest BCUT2D eigenvalue weighted by molar-refractivity contribution is -0.154. The number of esters is 1. The van der Waals surface area contributed by atoms with Gasteiger partial charge in [-0.05, 0) is 51.0 Å². The molecule has 0 N–H and O–H groups in total.